The minimum absolute atomic E-state index is 0.0286. The zero-order valence-corrected chi connectivity index (χ0v) is 20.3. The average Bonchev–Trinajstić information content (AvgIpc) is 2.66. The first-order valence-corrected chi connectivity index (χ1v) is 13.0. The van der Waals surface area contributed by atoms with Gasteiger partial charge in [0.25, 0.3) is 0 Å². The third-order valence-electron chi connectivity index (χ3n) is 6.38. The first-order valence-electron chi connectivity index (χ1n) is 11.5. The summed E-state index contributed by atoms with van der Waals surface area (Å²) in [5, 5.41) is 3.00. The van der Waals surface area contributed by atoms with Gasteiger partial charge in [-0.05, 0) is 83.9 Å². The maximum Gasteiger partial charge on any atom is 0.214 e. The molecule has 2 fully saturated rings. The van der Waals surface area contributed by atoms with Crippen LogP contribution in [0.25, 0.3) is 0 Å². The van der Waals surface area contributed by atoms with Crippen molar-refractivity contribution >= 4 is 21.4 Å². The van der Waals surface area contributed by atoms with E-state index in [2.05, 4.69) is 14.9 Å². The molecule has 0 unspecified atom stereocenters. The van der Waals surface area contributed by atoms with Crippen LogP contribution >= 0.6 is 0 Å². The number of hydrogen-bond donors (Lipinski definition) is 2. The zero-order valence-electron chi connectivity index (χ0n) is 19.4. The predicted octanol–water partition coefficient (Wildman–Crippen LogP) is 4.05. The van der Waals surface area contributed by atoms with Gasteiger partial charge in [0, 0.05) is 31.4 Å². The summed E-state index contributed by atoms with van der Waals surface area (Å²) >= 11 is 0. The number of anilines is 2. The summed E-state index contributed by atoms with van der Waals surface area (Å²) in [6.07, 6.45) is 3.78. The number of hydrogen-bond acceptors (Lipinski definition) is 5. The molecule has 1 saturated heterocycles. The minimum Gasteiger partial charge on any atom is -0.385 e. The lowest BCUT2D eigenvalue weighted by Gasteiger charge is -2.37. The lowest BCUT2D eigenvalue weighted by Crippen LogP contribution is -2.46. The van der Waals surface area contributed by atoms with Gasteiger partial charge >= 0.3 is 0 Å². The topological polar surface area (TPSA) is 70.7 Å². The number of aryl methyl sites for hydroxylation is 1. The van der Waals surface area contributed by atoms with Crippen molar-refractivity contribution in [2.24, 2.45) is 5.92 Å². The second-order valence-corrected chi connectivity index (χ2v) is 11.9. The van der Waals surface area contributed by atoms with Crippen molar-refractivity contribution in [3.63, 3.8) is 0 Å². The van der Waals surface area contributed by atoms with Crippen molar-refractivity contribution in [3.05, 3.63) is 23.5 Å². The summed E-state index contributed by atoms with van der Waals surface area (Å²) < 4.78 is 47.7. The lowest BCUT2D eigenvalue weighted by atomic mass is 9.86. The Balaban J connectivity index is 1.54. The van der Waals surface area contributed by atoms with Crippen molar-refractivity contribution in [2.45, 2.75) is 83.8 Å². The number of rotatable bonds is 7. The molecule has 8 heteroatoms. The molecular formula is C23H38FN3O3S. The van der Waals surface area contributed by atoms with Gasteiger partial charge in [-0.25, -0.2) is 17.5 Å². The third kappa shape index (κ3) is 6.33. The fraction of sp³-hybridized carbons (Fsp3) is 0.739. The lowest BCUT2D eigenvalue weighted by molar-refractivity contribution is -0.00542. The first-order chi connectivity index (χ1) is 14.5. The molecule has 6 nitrogen and oxygen atoms in total. The van der Waals surface area contributed by atoms with Crippen LogP contribution in [0.2, 0.25) is 0 Å². The Morgan fingerprint density at radius 3 is 2.29 bits per heavy atom. The van der Waals surface area contributed by atoms with Crippen LogP contribution < -0.4 is 14.9 Å². The maximum atomic E-state index is 15.0. The molecule has 3 rings (SSSR count). The molecule has 1 aliphatic carbocycles. The van der Waals surface area contributed by atoms with Gasteiger partial charge in [0.2, 0.25) is 10.0 Å². The van der Waals surface area contributed by atoms with E-state index in [1.54, 1.807) is 19.9 Å². The Morgan fingerprint density at radius 2 is 1.74 bits per heavy atom. The van der Waals surface area contributed by atoms with E-state index in [4.69, 9.17) is 4.74 Å². The molecule has 1 heterocycles. The first kappa shape index (κ1) is 24.3. The maximum absolute atomic E-state index is 15.0. The molecule has 31 heavy (non-hydrogen) atoms. The van der Waals surface area contributed by atoms with E-state index in [0.29, 0.717) is 24.7 Å². The summed E-state index contributed by atoms with van der Waals surface area (Å²) in [6.45, 7) is 11.6. The highest BCUT2D eigenvalue weighted by Crippen LogP contribution is 2.31. The zero-order chi connectivity index (χ0) is 22.8. The average molecular weight is 456 g/mol. The van der Waals surface area contributed by atoms with Crippen molar-refractivity contribution in [3.8, 4) is 0 Å². The normalized spacial score (nSPS) is 27.5. The van der Waals surface area contributed by atoms with Crippen LogP contribution in [0.3, 0.4) is 0 Å². The highest BCUT2D eigenvalue weighted by Gasteiger charge is 2.27. The summed E-state index contributed by atoms with van der Waals surface area (Å²) in [5.74, 6) is 0.263. The highest BCUT2D eigenvalue weighted by molar-refractivity contribution is 7.90. The fourth-order valence-corrected chi connectivity index (χ4v) is 5.69. The molecule has 2 aliphatic rings. The standard InChI is InChI=1S/C23H38FN3O3S/c1-15(2)31(28,29)26-20-8-6-19(7-9-20)12-25-21-10-16(3)23(22(24)11-21)27-13-17(4)30-18(5)14-27/h10-11,15,17-20,25-26H,6-9,12-14H2,1-5H3/t17-,18+,19?,20?. The molecule has 0 aromatic heterocycles. The van der Waals surface area contributed by atoms with E-state index in [9.17, 15) is 8.42 Å². The third-order valence-corrected chi connectivity index (χ3v) is 8.29. The summed E-state index contributed by atoms with van der Waals surface area (Å²) in [6, 6.07) is 3.64. The van der Waals surface area contributed by atoms with Crippen LogP contribution in [0.1, 0.15) is 58.9 Å². The Bertz CT molecular complexity index is 821. The number of sulfonamides is 1. The van der Waals surface area contributed by atoms with Crippen LogP contribution in [-0.2, 0) is 14.8 Å². The van der Waals surface area contributed by atoms with Crippen LogP contribution in [-0.4, -0.2) is 51.6 Å². The van der Waals surface area contributed by atoms with Gasteiger partial charge in [-0.1, -0.05) is 0 Å². The number of benzene rings is 1. The molecule has 2 atom stereocenters. The summed E-state index contributed by atoms with van der Waals surface area (Å²) in [5.41, 5.74) is 2.40. The van der Waals surface area contributed by atoms with E-state index >= 15 is 4.39 Å². The van der Waals surface area contributed by atoms with Gasteiger partial charge in [-0.2, -0.15) is 0 Å². The van der Waals surface area contributed by atoms with E-state index in [0.717, 1.165) is 43.5 Å². The Kier molecular flexibility index (Phi) is 7.86. The minimum atomic E-state index is -3.22. The van der Waals surface area contributed by atoms with Crippen molar-refractivity contribution in [2.75, 3.05) is 29.9 Å². The molecule has 1 aromatic rings. The number of ether oxygens (including phenoxy) is 1. The van der Waals surface area contributed by atoms with Gasteiger partial charge in [0.1, 0.15) is 5.82 Å². The fourth-order valence-electron chi connectivity index (χ4n) is 4.71. The number of morpholine rings is 1. The SMILES string of the molecule is Cc1cc(NCC2CCC(NS(=O)(=O)C(C)C)CC2)cc(F)c1N1C[C@@H](C)O[C@@H](C)C1. The van der Waals surface area contributed by atoms with E-state index in [1.807, 2.05) is 26.8 Å². The molecule has 1 aliphatic heterocycles. The van der Waals surface area contributed by atoms with Gasteiger partial charge in [-0.15, -0.1) is 0 Å². The number of halogens is 1. The van der Waals surface area contributed by atoms with E-state index < -0.39 is 15.3 Å². The second kappa shape index (κ2) is 10.0. The summed E-state index contributed by atoms with van der Waals surface area (Å²) in [7, 11) is -3.22. The smallest absolute Gasteiger partial charge is 0.214 e. The molecule has 1 aromatic carbocycles. The summed E-state index contributed by atoms with van der Waals surface area (Å²) in [4.78, 5) is 2.09. The molecule has 0 radical (unpaired) electrons. The van der Waals surface area contributed by atoms with Crippen molar-refractivity contribution < 1.29 is 17.5 Å². The Labute approximate surface area is 187 Å². The Hall–Kier alpha value is -1.38. The second-order valence-electron chi connectivity index (χ2n) is 9.60. The van der Waals surface area contributed by atoms with E-state index in [-0.39, 0.29) is 24.1 Å². The van der Waals surface area contributed by atoms with Crippen molar-refractivity contribution in [1.82, 2.24) is 4.72 Å². The highest BCUT2D eigenvalue weighted by atomic mass is 32.2. The van der Waals surface area contributed by atoms with Crippen LogP contribution in [0.15, 0.2) is 12.1 Å². The molecule has 1 saturated carbocycles. The van der Waals surface area contributed by atoms with Gasteiger partial charge in [0.05, 0.1) is 23.1 Å². The predicted molar refractivity (Wildman–Crippen MR) is 125 cm³/mol. The largest absolute Gasteiger partial charge is 0.385 e. The van der Waals surface area contributed by atoms with Gasteiger partial charge in [0.15, 0.2) is 0 Å². The monoisotopic (exact) mass is 455 g/mol. The molecular weight excluding hydrogens is 417 g/mol. The number of nitrogens with zero attached hydrogens (tertiary/aromatic N) is 1. The molecule has 0 spiro atoms. The molecule has 176 valence electrons. The number of nitrogens with one attached hydrogen (secondary N) is 2. The van der Waals surface area contributed by atoms with Crippen LogP contribution in [0, 0.1) is 18.7 Å². The van der Waals surface area contributed by atoms with Crippen molar-refractivity contribution in [1.29, 1.82) is 0 Å². The molecule has 2 N–H and O–H groups in total. The van der Waals surface area contributed by atoms with Gasteiger partial charge < -0.3 is 15.0 Å². The molecule has 0 bridgehead atoms. The van der Waals surface area contributed by atoms with Crippen LogP contribution in [0.5, 0.6) is 0 Å². The van der Waals surface area contributed by atoms with Gasteiger partial charge in [-0.3, -0.25) is 0 Å². The quantitative estimate of drug-likeness (QED) is 0.649. The van der Waals surface area contributed by atoms with E-state index in [1.165, 1.54) is 0 Å². The van der Waals surface area contributed by atoms with Crippen LogP contribution in [0.4, 0.5) is 15.8 Å². The molecule has 0 amide bonds. The Morgan fingerprint density at radius 1 is 1.13 bits per heavy atom.